The largest absolute Gasteiger partial charge is 0.437 e. The monoisotopic (exact) mass is 381 g/mol. The van der Waals surface area contributed by atoms with E-state index in [0.29, 0.717) is 24.6 Å². The summed E-state index contributed by atoms with van der Waals surface area (Å²) in [6.07, 6.45) is 9.31. The van der Waals surface area contributed by atoms with Gasteiger partial charge in [0.05, 0.1) is 0 Å². The summed E-state index contributed by atoms with van der Waals surface area (Å²) in [7, 11) is 0. The fourth-order valence-electron chi connectivity index (χ4n) is 4.11. The Morgan fingerprint density at radius 3 is 2.39 bits per heavy atom. The molecule has 2 aromatic rings. The van der Waals surface area contributed by atoms with Crippen LogP contribution in [-0.4, -0.2) is 52.8 Å². The fraction of sp³-hybridized carbons (Fsp3) is 0.500. The van der Waals surface area contributed by atoms with E-state index in [1.807, 2.05) is 34.1 Å². The molecule has 1 aromatic carbocycles. The molecule has 2 fully saturated rings. The predicted octanol–water partition coefficient (Wildman–Crippen LogP) is 3.48. The van der Waals surface area contributed by atoms with Crippen molar-refractivity contribution in [2.24, 2.45) is 5.92 Å². The van der Waals surface area contributed by atoms with Gasteiger partial charge >= 0.3 is 0 Å². The second-order valence-corrected chi connectivity index (χ2v) is 7.69. The van der Waals surface area contributed by atoms with Gasteiger partial charge in [0, 0.05) is 44.2 Å². The Hall–Kier alpha value is -2.63. The maximum Gasteiger partial charge on any atom is 0.246 e. The van der Waals surface area contributed by atoms with Crippen molar-refractivity contribution >= 4 is 29.0 Å². The molecule has 2 amide bonds. The van der Waals surface area contributed by atoms with E-state index in [1.54, 1.807) is 6.08 Å². The number of hydrogen-bond donors (Lipinski definition) is 0. The maximum atomic E-state index is 12.8. The van der Waals surface area contributed by atoms with Gasteiger partial charge in [0.25, 0.3) is 0 Å². The standard InChI is InChI=1S/C22H27N3O3/c26-21(10-9-20-23-18-7-3-4-8-19(18)28-20)24-15-11-17(12-16-24)22(27)25-13-5-1-2-6-14-25/h3-4,7-10,17H,1-2,5-6,11-16H2. The Kier molecular flexibility index (Phi) is 5.74. The number of carbonyl (C=O) groups excluding carboxylic acids is 2. The molecule has 2 aliphatic rings. The average Bonchev–Trinajstić information content (AvgIpc) is 2.95. The number of aromatic nitrogens is 1. The summed E-state index contributed by atoms with van der Waals surface area (Å²) in [6.45, 7) is 3.04. The average molecular weight is 381 g/mol. The summed E-state index contributed by atoms with van der Waals surface area (Å²) in [5.74, 6) is 0.725. The van der Waals surface area contributed by atoms with Crippen molar-refractivity contribution in [1.29, 1.82) is 0 Å². The minimum absolute atomic E-state index is 0.0528. The van der Waals surface area contributed by atoms with Crippen LogP contribution in [0.3, 0.4) is 0 Å². The predicted molar refractivity (Wildman–Crippen MR) is 107 cm³/mol. The lowest BCUT2D eigenvalue weighted by atomic mass is 9.95. The topological polar surface area (TPSA) is 66.7 Å². The molecule has 1 aromatic heterocycles. The number of para-hydroxylation sites is 2. The molecule has 28 heavy (non-hydrogen) atoms. The summed E-state index contributed by atoms with van der Waals surface area (Å²) < 4.78 is 5.61. The molecule has 2 saturated heterocycles. The van der Waals surface area contributed by atoms with Crippen molar-refractivity contribution in [3.63, 3.8) is 0 Å². The van der Waals surface area contributed by atoms with E-state index in [9.17, 15) is 9.59 Å². The number of fused-ring (bicyclic) bond motifs is 1. The molecule has 0 unspecified atom stereocenters. The van der Waals surface area contributed by atoms with E-state index < -0.39 is 0 Å². The van der Waals surface area contributed by atoms with Crippen LogP contribution < -0.4 is 0 Å². The van der Waals surface area contributed by atoms with Gasteiger partial charge in [0.2, 0.25) is 17.7 Å². The van der Waals surface area contributed by atoms with E-state index >= 15 is 0 Å². The summed E-state index contributed by atoms with van der Waals surface area (Å²) >= 11 is 0. The molecule has 6 nitrogen and oxygen atoms in total. The van der Waals surface area contributed by atoms with Crippen LogP contribution in [0, 0.1) is 5.92 Å². The number of oxazole rings is 1. The van der Waals surface area contributed by atoms with E-state index in [0.717, 1.165) is 44.3 Å². The van der Waals surface area contributed by atoms with Crippen molar-refractivity contribution in [2.45, 2.75) is 38.5 Å². The van der Waals surface area contributed by atoms with E-state index in [1.165, 1.54) is 18.9 Å². The van der Waals surface area contributed by atoms with Crippen LogP contribution in [0.4, 0.5) is 0 Å². The Bertz CT molecular complexity index is 824. The first-order valence-corrected chi connectivity index (χ1v) is 10.3. The second kappa shape index (κ2) is 8.59. The summed E-state index contributed by atoms with van der Waals surface area (Å²) in [4.78, 5) is 33.5. The highest BCUT2D eigenvalue weighted by atomic mass is 16.3. The third-order valence-corrected chi connectivity index (χ3v) is 5.75. The van der Waals surface area contributed by atoms with Crippen molar-refractivity contribution in [3.8, 4) is 0 Å². The zero-order valence-corrected chi connectivity index (χ0v) is 16.2. The van der Waals surface area contributed by atoms with Crippen molar-refractivity contribution in [1.82, 2.24) is 14.8 Å². The van der Waals surface area contributed by atoms with E-state index in [2.05, 4.69) is 4.98 Å². The Morgan fingerprint density at radius 2 is 1.68 bits per heavy atom. The van der Waals surface area contributed by atoms with Crippen molar-refractivity contribution < 1.29 is 14.0 Å². The normalized spacial score (nSPS) is 19.3. The molecule has 0 N–H and O–H groups in total. The molecule has 0 saturated carbocycles. The lowest BCUT2D eigenvalue weighted by Gasteiger charge is -2.33. The molecule has 0 aliphatic carbocycles. The number of carbonyl (C=O) groups is 2. The molecule has 0 atom stereocenters. The van der Waals surface area contributed by atoms with Crippen LogP contribution in [0.25, 0.3) is 17.2 Å². The third kappa shape index (κ3) is 4.26. The number of amides is 2. The van der Waals surface area contributed by atoms with Gasteiger partial charge in [-0.1, -0.05) is 25.0 Å². The van der Waals surface area contributed by atoms with Gasteiger partial charge < -0.3 is 14.2 Å². The SMILES string of the molecule is O=C(C=Cc1nc2ccccc2o1)N1CCC(C(=O)N2CCCCCC2)CC1. The molecule has 0 radical (unpaired) electrons. The first kappa shape index (κ1) is 18.7. The van der Waals surface area contributed by atoms with Crippen LogP contribution in [0.15, 0.2) is 34.8 Å². The first-order valence-electron chi connectivity index (χ1n) is 10.3. The lowest BCUT2D eigenvalue weighted by Crippen LogP contribution is -2.44. The number of piperidine rings is 1. The molecule has 4 rings (SSSR count). The third-order valence-electron chi connectivity index (χ3n) is 5.75. The highest BCUT2D eigenvalue weighted by Crippen LogP contribution is 2.22. The smallest absolute Gasteiger partial charge is 0.246 e. The van der Waals surface area contributed by atoms with Crippen LogP contribution in [0.2, 0.25) is 0 Å². The number of benzene rings is 1. The van der Waals surface area contributed by atoms with Crippen molar-refractivity contribution in [3.05, 3.63) is 36.2 Å². The van der Waals surface area contributed by atoms with Crippen LogP contribution in [-0.2, 0) is 9.59 Å². The molecule has 0 spiro atoms. The van der Waals surface area contributed by atoms with Gasteiger partial charge in [-0.15, -0.1) is 0 Å². The molecular weight excluding hydrogens is 354 g/mol. The molecule has 2 aliphatic heterocycles. The number of rotatable bonds is 3. The van der Waals surface area contributed by atoms with Gasteiger partial charge in [-0.2, -0.15) is 0 Å². The molecule has 6 heteroatoms. The highest BCUT2D eigenvalue weighted by Gasteiger charge is 2.29. The quantitative estimate of drug-likeness (QED) is 0.764. The van der Waals surface area contributed by atoms with Crippen molar-refractivity contribution in [2.75, 3.05) is 26.2 Å². The zero-order chi connectivity index (χ0) is 19.3. The lowest BCUT2D eigenvalue weighted by molar-refractivity contribution is -0.139. The number of hydrogen-bond acceptors (Lipinski definition) is 4. The van der Waals surface area contributed by atoms with E-state index in [4.69, 9.17) is 4.42 Å². The van der Waals surface area contributed by atoms with E-state index in [-0.39, 0.29) is 17.7 Å². The molecule has 3 heterocycles. The van der Waals surface area contributed by atoms with Crippen LogP contribution in [0.5, 0.6) is 0 Å². The second-order valence-electron chi connectivity index (χ2n) is 7.69. The summed E-state index contributed by atoms with van der Waals surface area (Å²) in [5, 5.41) is 0. The van der Waals surface area contributed by atoms with Gasteiger partial charge in [-0.05, 0) is 37.8 Å². The Labute approximate surface area is 165 Å². The first-order chi connectivity index (χ1) is 13.7. The maximum absolute atomic E-state index is 12.8. The van der Waals surface area contributed by atoms with Gasteiger partial charge in [-0.25, -0.2) is 4.98 Å². The number of nitrogens with zero attached hydrogens (tertiary/aromatic N) is 3. The summed E-state index contributed by atoms with van der Waals surface area (Å²) in [5.41, 5.74) is 1.49. The van der Waals surface area contributed by atoms with Gasteiger partial charge in [0.15, 0.2) is 5.58 Å². The minimum Gasteiger partial charge on any atom is -0.437 e. The Morgan fingerprint density at radius 1 is 0.964 bits per heavy atom. The van der Waals surface area contributed by atoms with Crippen LogP contribution in [0.1, 0.15) is 44.4 Å². The molecule has 148 valence electrons. The fourth-order valence-corrected chi connectivity index (χ4v) is 4.11. The minimum atomic E-state index is -0.0528. The highest BCUT2D eigenvalue weighted by molar-refractivity contribution is 5.91. The Balaban J connectivity index is 1.30. The zero-order valence-electron chi connectivity index (χ0n) is 16.2. The van der Waals surface area contributed by atoms with Gasteiger partial charge in [-0.3, -0.25) is 9.59 Å². The molecule has 0 bridgehead atoms. The number of likely N-dealkylation sites (tertiary alicyclic amines) is 2. The van der Waals surface area contributed by atoms with Crippen LogP contribution >= 0.6 is 0 Å². The molecular formula is C22H27N3O3. The van der Waals surface area contributed by atoms with Gasteiger partial charge in [0.1, 0.15) is 5.52 Å². The summed E-state index contributed by atoms with van der Waals surface area (Å²) in [6, 6.07) is 7.53.